The van der Waals surface area contributed by atoms with Crippen molar-refractivity contribution in [3.05, 3.63) is 59.7 Å². The second-order valence-electron chi connectivity index (χ2n) is 8.77. The summed E-state index contributed by atoms with van der Waals surface area (Å²) in [6, 6.07) is 14.3. The van der Waals surface area contributed by atoms with Crippen LogP contribution in [-0.4, -0.2) is 61.5 Å². The molecular formula is C26H32N4O4. The Hall–Kier alpha value is -3.39. The highest BCUT2D eigenvalue weighted by molar-refractivity contribution is 5.97. The second-order valence-corrected chi connectivity index (χ2v) is 8.77. The number of hydrogen-bond acceptors (Lipinski definition) is 5. The Balaban J connectivity index is 1.25. The van der Waals surface area contributed by atoms with E-state index in [0.29, 0.717) is 48.8 Å². The molecule has 180 valence electrons. The first-order valence-corrected chi connectivity index (χ1v) is 12.0. The molecule has 2 aliphatic rings. The lowest BCUT2D eigenvalue weighted by atomic mass is 9.95. The molecule has 3 amide bonds. The van der Waals surface area contributed by atoms with Crippen LogP contribution < -0.4 is 16.0 Å². The topological polar surface area (TPSA) is 99.8 Å². The Kier molecular flexibility index (Phi) is 8.14. The molecule has 1 saturated heterocycles. The molecule has 0 radical (unpaired) electrons. The van der Waals surface area contributed by atoms with Crippen LogP contribution in [-0.2, 0) is 9.53 Å². The zero-order valence-electron chi connectivity index (χ0n) is 19.3. The summed E-state index contributed by atoms with van der Waals surface area (Å²) in [6.45, 7) is 2.32. The van der Waals surface area contributed by atoms with Gasteiger partial charge in [0.2, 0.25) is 5.91 Å². The third kappa shape index (κ3) is 6.57. The summed E-state index contributed by atoms with van der Waals surface area (Å²) in [7, 11) is 0. The molecule has 0 bridgehead atoms. The average Bonchev–Trinajstić information content (AvgIpc) is 2.89. The molecule has 0 atom stereocenters. The monoisotopic (exact) mass is 464 g/mol. The second kappa shape index (κ2) is 11.7. The van der Waals surface area contributed by atoms with Crippen LogP contribution in [0.1, 0.15) is 52.8 Å². The quantitative estimate of drug-likeness (QED) is 0.584. The summed E-state index contributed by atoms with van der Waals surface area (Å²) in [5.74, 6) is -0.328. The number of rotatable bonds is 7. The van der Waals surface area contributed by atoms with E-state index in [0.717, 1.165) is 12.8 Å². The fraction of sp³-hybridized carbons (Fsp3) is 0.423. The number of hydrogen-bond donors (Lipinski definition) is 3. The van der Waals surface area contributed by atoms with Crippen molar-refractivity contribution < 1.29 is 19.1 Å². The molecule has 2 fully saturated rings. The summed E-state index contributed by atoms with van der Waals surface area (Å²) in [5, 5.41) is 8.99. The van der Waals surface area contributed by atoms with Gasteiger partial charge in [-0.25, -0.2) is 0 Å². The molecule has 2 aromatic rings. The maximum Gasteiger partial charge on any atom is 0.254 e. The fourth-order valence-electron chi connectivity index (χ4n) is 4.32. The Bertz CT molecular complexity index is 996. The molecule has 34 heavy (non-hydrogen) atoms. The van der Waals surface area contributed by atoms with Gasteiger partial charge in [-0.2, -0.15) is 0 Å². The van der Waals surface area contributed by atoms with Gasteiger partial charge in [0.15, 0.2) is 0 Å². The van der Waals surface area contributed by atoms with Crippen molar-refractivity contribution in [1.82, 2.24) is 10.2 Å². The van der Waals surface area contributed by atoms with Gasteiger partial charge in [0.25, 0.3) is 11.8 Å². The van der Waals surface area contributed by atoms with E-state index in [-0.39, 0.29) is 30.3 Å². The maximum absolute atomic E-state index is 12.7. The molecule has 1 heterocycles. The summed E-state index contributed by atoms with van der Waals surface area (Å²) >= 11 is 0. The third-order valence-electron chi connectivity index (χ3n) is 6.23. The number of nitrogens with zero attached hydrogens (tertiary/aromatic N) is 1. The SMILES string of the molecule is O=C(CNc1cccc(C(=O)N2CCOCC2)c1)Nc1ccc(C(=O)NC2CCCCC2)cc1. The van der Waals surface area contributed by atoms with Gasteiger partial charge in [0.1, 0.15) is 0 Å². The van der Waals surface area contributed by atoms with Crippen molar-refractivity contribution in [2.75, 3.05) is 43.5 Å². The number of benzene rings is 2. The minimum atomic E-state index is -0.218. The molecule has 3 N–H and O–H groups in total. The minimum Gasteiger partial charge on any atom is -0.378 e. The summed E-state index contributed by atoms with van der Waals surface area (Å²) in [6.07, 6.45) is 5.65. The van der Waals surface area contributed by atoms with Crippen molar-refractivity contribution >= 4 is 29.1 Å². The molecule has 4 rings (SSSR count). The van der Waals surface area contributed by atoms with Crippen molar-refractivity contribution in [3.63, 3.8) is 0 Å². The van der Waals surface area contributed by atoms with Crippen molar-refractivity contribution in [1.29, 1.82) is 0 Å². The first-order valence-electron chi connectivity index (χ1n) is 12.0. The van der Waals surface area contributed by atoms with Gasteiger partial charge in [-0.05, 0) is 55.3 Å². The minimum absolute atomic E-state index is 0.0379. The van der Waals surface area contributed by atoms with Crippen molar-refractivity contribution in [2.45, 2.75) is 38.1 Å². The summed E-state index contributed by atoms with van der Waals surface area (Å²) in [4.78, 5) is 39.3. The number of amides is 3. The van der Waals surface area contributed by atoms with Gasteiger partial charge in [-0.1, -0.05) is 25.3 Å². The van der Waals surface area contributed by atoms with Crippen molar-refractivity contribution in [2.24, 2.45) is 0 Å². The lowest BCUT2D eigenvalue weighted by Crippen LogP contribution is -2.40. The van der Waals surface area contributed by atoms with Crippen molar-refractivity contribution in [3.8, 4) is 0 Å². The Morgan fingerprint density at radius 3 is 2.35 bits per heavy atom. The van der Waals surface area contributed by atoms with E-state index >= 15 is 0 Å². The van der Waals surface area contributed by atoms with E-state index in [2.05, 4.69) is 16.0 Å². The van der Waals surface area contributed by atoms with E-state index in [9.17, 15) is 14.4 Å². The van der Waals surface area contributed by atoms with Crippen LogP contribution in [0.25, 0.3) is 0 Å². The van der Waals surface area contributed by atoms with Crippen LogP contribution in [0.4, 0.5) is 11.4 Å². The number of ether oxygens (including phenoxy) is 1. The Morgan fingerprint density at radius 1 is 0.882 bits per heavy atom. The predicted molar refractivity (Wildman–Crippen MR) is 131 cm³/mol. The van der Waals surface area contributed by atoms with Gasteiger partial charge in [-0.3, -0.25) is 14.4 Å². The molecule has 1 aliphatic heterocycles. The number of nitrogens with one attached hydrogen (secondary N) is 3. The molecule has 1 saturated carbocycles. The van der Waals surface area contributed by atoms with Gasteiger partial charge < -0.3 is 25.6 Å². The lowest BCUT2D eigenvalue weighted by molar-refractivity contribution is -0.114. The summed E-state index contributed by atoms with van der Waals surface area (Å²) < 4.78 is 5.30. The molecular weight excluding hydrogens is 432 g/mol. The van der Waals surface area contributed by atoms with Crippen LogP contribution in [0.3, 0.4) is 0 Å². The van der Waals surface area contributed by atoms with Gasteiger partial charge >= 0.3 is 0 Å². The van der Waals surface area contributed by atoms with Crippen LogP contribution >= 0.6 is 0 Å². The van der Waals surface area contributed by atoms with Crippen LogP contribution in [0.2, 0.25) is 0 Å². The number of morpholine rings is 1. The van der Waals surface area contributed by atoms with E-state index in [4.69, 9.17) is 4.74 Å². The zero-order valence-corrected chi connectivity index (χ0v) is 19.3. The average molecular weight is 465 g/mol. The highest BCUT2D eigenvalue weighted by atomic mass is 16.5. The van der Waals surface area contributed by atoms with E-state index < -0.39 is 0 Å². The fourth-order valence-corrected chi connectivity index (χ4v) is 4.32. The number of carbonyl (C=O) groups is 3. The normalized spacial score (nSPS) is 16.5. The predicted octanol–water partition coefficient (Wildman–Crippen LogP) is 3.27. The number of anilines is 2. The Morgan fingerprint density at radius 2 is 1.62 bits per heavy atom. The number of carbonyl (C=O) groups excluding carboxylic acids is 3. The van der Waals surface area contributed by atoms with Gasteiger partial charge in [0, 0.05) is 41.6 Å². The Labute approximate surface area is 200 Å². The summed E-state index contributed by atoms with van der Waals surface area (Å²) in [5.41, 5.74) is 2.49. The zero-order chi connectivity index (χ0) is 23.8. The first-order chi connectivity index (χ1) is 16.6. The van der Waals surface area contributed by atoms with Crippen LogP contribution in [0.5, 0.6) is 0 Å². The highest BCUT2D eigenvalue weighted by Crippen LogP contribution is 2.18. The largest absolute Gasteiger partial charge is 0.378 e. The molecule has 8 nitrogen and oxygen atoms in total. The highest BCUT2D eigenvalue weighted by Gasteiger charge is 2.19. The van der Waals surface area contributed by atoms with E-state index in [1.54, 1.807) is 47.4 Å². The standard InChI is InChI=1S/C26H32N4O4/c31-24(18-27-23-8-4-5-20(17-23)26(33)30-13-15-34-16-14-30)28-22-11-9-19(10-12-22)25(32)29-21-6-2-1-3-7-21/h4-5,8-12,17,21,27H,1-3,6-7,13-16,18H2,(H,28,31)(H,29,32). The maximum atomic E-state index is 12.7. The van der Waals surface area contributed by atoms with Gasteiger partial charge in [-0.15, -0.1) is 0 Å². The smallest absolute Gasteiger partial charge is 0.254 e. The molecule has 0 unspecified atom stereocenters. The lowest BCUT2D eigenvalue weighted by Gasteiger charge is -2.27. The molecule has 2 aromatic carbocycles. The molecule has 0 aromatic heterocycles. The van der Waals surface area contributed by atoms with E-state index in [1.807, 2.05) is 6.07 Å². The van der Waals surface area contributed by atoms with E-state index in [1.165, 1.54) is 19.3 Å². The molecule has 0 spiro atoms. The van der Waals surface area contributed by atoms with Crippen LogP contribution in [0, 0.1) is 0 Å². The molecule has 8 heteroatoms. The third-order valence-corrected chi connectivity index (χ3v) is 6.23. The van der Waals surface area contributed by atoms with Gasteiger partial charge in [0.05, 0.1) is 19.8 Å². The molecule has 1 aliphatic carbocycles. The van der Waals surface area contributed by atoms with Crippen LogP contribution in [0.15, 0.2) is 48.5 Å². The first kappa shape index (κ1) is 23.8.